The number of piperazine rings is 1. The summed E-state index contributed by atoms with van der Waals surface area (Å²) in [6.45, 7) is 6.89. The molecule has 174 valence electrons. The number of hydrogen-bond donors (Lipinski definition) is 1. The predicted molar refractivity (Wildman–Crippen MR) is 129 cm³/mol. The molecule has 0 unspecified atom stereocenters. The molecule has 2 aromatic carbocycles. The summed E-state index contributed by atoms with van der Waals surface area (Å²) in [5, 5.41) is 2.87. The largest absolute Gasteiger partial charge is 0.457 e. The molecule has 6 heteroatoms. The van der Waals surface area contributed by atoms with Gasteiger partial charge in [0.1, 0.15) is 22.7 Å². The summed E-state index contributed by atoms with van der Waals surface area (Å²) < 4.78 is 5.88. The number of benzene rings is 2. The van der Waals surface area contributed by atoms with Gasteiger partial charge in [0.15, 0.2) is 0 Å². The van der Waals surface area contributed by atoms with E-state index in [0.717, 1.165) is 44.0 Å². The molecule has 1 spiro atoms. The van der Waals surface area contributed by atoms with Crippen LogP contribution in [0.4, 0.5) is 0 Å². The second-order valence-corrected chi connectivity index (χ2v) is 8.83. The molecule has 0 saturated carbocycles. The number of ether oxygens (including phenoxy) is 1. The van der Waals surface area contributed by atoms with Crippen LogP contribution in [0.5, 0.6) is 11.5 Å². The lowest BCUT2D eigenvalue weighted by Crippen LogP contribution is -2.69. The van der Waals surface area contributed by atoms with E-state index < -0.39 is 5.54 Å². The molecule has 2 amide bonds. The van der Waals surface area contributed by atoms with Crippen LogP contribution < -0.4 is 10.1 Å². The molecule has 2 fully saturated rings. The van der Waals surface area contributed by atoms with Gasteiger partial charge < -0.3 is 15.0 Å². The highest BCUT2D eigenvalue weighted by Gasteiger charge is 2.51. The third-order valence-corrected chi connectivity index (χ3v) is 6.68. The topological polar surface area (TPSA) is 61.9 Å². The Bertz CT molecular complexity index is 993. The summed E-state index contributed by atoms with van der Waals surface area (Å²) in [5.41, 5.74) is 0.874. The second kappa shape index (κ2) is 10.2. The molecule has 2 aromatic rings. The quantitative estimate of drug-likeness (QED) is 0.636. The summed E-state index contributed by atoms with van der Waals surface area (Å²) >= 11 is 0. The minimum Gasteiger partial charge on any atom is -0.457 e. The van der Waals surface area contributed by atoms with E-state index in [1.165, 1.54) is 5.56 Å². The number of carbonyl (C=O) groups is 2. The summed E-state index contributed by atoms with van der Waals surface area (Å²) in [6, 6.07) is 17.9. The Hall–Kier alpha value is -3.12. The first-order chi connectivity index (χ1) is 16.1. The lowest BCUT2D eigenvalue weighted by Gasteiger charge is -2.50. The second-order valence-electron chi connectivity index (χ2n) is 8.83. The minimum atomic E-state index is -0.733. The summed E-state index contributed by atoms with van der Waals surface area (Å²) in [4.78, 5) is 30.4. The molecule has 0 aromatic heterocycles. The number of nitrogens with one attached hydrogen (secondary N) is 1. The van der Waals surface area contributed by atoms with E-state index in [1.54, 1.807) is 13.0 Å². The molecule has 0 atom stereocenters. The van der Waals surface area contributed by atoms with Gasteiger partial charge in [0.2, 0.25) is 0 Å². The standard InChI is InChI=1S/C27H33N3O3/c1-3-5-17-30-25(31)24(4-2)28-26(32)27(30)15-18-29(19-16-27)20-21-11-13-23(14-12-21)33-22-9-7-6-8-10-22/h4,6-14H,3,5,15-20H2,1-2H3,(H,28,32)/b24-4-. The number of unbranched alkanes of at least 4 members (excludes halogenated alkanes) is 1. The number of nitrogens with zero attached hydrogens (tertiary/aromatic N) is 2. The molecule has 0 radical (unpaired) electrons. The molecular formula is C27H33N3O3. The first-order valence-corrected chi connectivity index (χ1v) is 11.9. The van der Waals surface area contributed by atoms with Crippen molar-refractivity contribution >= 4 is 11.8 Å². The Morgan fingerprint density at radius 1 is 1.00 bits per heavy atom. The van der Waals surface area contributed by atoms with Gasteiger partial charge >= 0.3 is 0 Å². The number of allylic oxidation sites excluding steroid dienone is 1. The highest BCUT2D eigenvalue weighted by Crippen LogP contribution is 2.34. The van der Waals surface area contributed by atoms with Crippen LogP contribution in [0.1, 0.15) is 45.1 Å². The lowest BCUT2D eigenvalue weighted by molar-refractivity contribution is -0.154. The van der Waals surface area contributed by atoms with Gasteiger partial charge in [0.05, 0.1) is 0 Å². The maximum absolute atomic E-state index is 13.1. The first kappa shape index (κ1) is 23.1. The van der Waals surface area contributed by atoms with E-state index in [1.807, 2.05) is 47.4 Å². The van der Waals surface area contributed by atoms with Crippen LogP contribution in [0.2, 0.25) is 0 Å². The third-order valence-electron chi connectivity index (χ3n) is 6.68. The van der Waals surface area contributed by atoms with Gasteiger partial charge in [-0.2, -0.15) is 0 Å². The normalized spacial score (nSPS) is 19.7. The van der Waals surface area contributed by atoms with Gasteiger partial charge in [0.25, 0.3) is 11.8 Å². The minimum absolute atomic E-state index is 0.0339. The van der Waals surface area contributed by atoms with Crippen molar-refractivity contribution in [1.29, 1.82) is 0 Å². The van der Waals surface area contributed by atoms with Gasteiger partial charge in [-0.3, -0.25) is 14.5 Å². The Morgan fingerprint density at radius 2 is 1.67 bits per heavy atom. The Morgan fingerprint density at radius 3 is 2.30 bits per heavy atom. The average molecular weight is 448 g/mol. The SMILES string of the molecule is C/C=C1\NC(=O)C2(CCN(Cc3ccc(Oc4ccccc4)cc3)CC2)N(CCCC)C1=O. The van der Waals surface area contributed by atoms with Crippen molar-refractivity contribution in [2.45, 2.75) is 51.6 Å². The maximum Gasteiger partial charge on any atom is 0.270 e. The van der Waals surface area contributed by atoms with Crippen LogP contribution in [0.25, 0.3) is 0 Å². The van der Waals surface area contributed by atoms with E-state index in [9.17, 15) is 9.59 Å². The van der Waals surface area contributed by atoms with Gasteiger partial charge in [-0.15, -0.1) is 0 Å². The highest BCUT2D eigenvalue weighted by atomic mass is 16.5. The molecule has 6 nitrogen and oxygen atoms in total. The van der Waals surface area contributed by atoms with Crippen molar-refractivity contribution in [3.05, 3.63) is 71.9 Å². The van der Waals surface area contributed by atoms with E-state index in [-0.39, 0.29) is 11.8 Å². The number of piperidine rings is 1. The number of hydrogen-bond acceptors (Lipinski definition) is 4. The fraction of sp³-hybridized carbons (Fsp3) is 0.407. The number of carbonyl (C=O) groups excluding carboxylic acids is 2. The fourth-order valence-electron chi connectivity index (χ4n) is 4.71. The van der Waals surface area contributed by atoms with Gasteiger partial charge in [0, 0.05) is 26.2 Å². The van der Waals surface area contributed by atoms with Crippen molar-refractivity contribution in [3.63, 3.8) is 0 Å². The van der Waals surface area contributed by atoms with Crippen molar-refractivity contribution in [1.82, 2.24) is 15.1 Å². The van der Waals surface area contributed by atoms with Crippen LogP contribution in [-0.4, -0.2) is 46.8 Å². The van der Waals surface area contributed by atoms with E-state index in [4.69, 9.17) is 4.74 Å². The smallest absolute Gasteiger partial charge is 0.270 e. The zero-order valence-electron chi connectivity index (χ0n) is 19.5. The zero-order valence-corrected chi connectivity index (χ0v) is 19.5. The van der Waals surface area contributed by atoms with Crippen LogP contribution in [0.15, 0.2) is 66.4 Å². The van der Waals surface area contributed by atoms with Crippen molar-refractivity contribution < 1.29 is 14.3 Å². The molecule has 0 bridgehead atoms. The number of rotatable bonds is 7. The van der Waals surface area contributed by atoms with E-state index >= 15 is 0 Å². The molecule has 33 heavy (non-hydrogen) atoms. The Labute approximate surface area is 196 Å². The zero-order chi connectivity index (χ0) is 23.3. The lowest BCUT2D eigenvalue weighted by atomic mass is 9.82. The molecule has 2 aliphatic heterocycles. The number of likely N-dealkylation sites (tertiary alicyclic amines) is 1. The van der Waals surface area contributed by atoms with Gasteiger partial charge in [-0.05, 0) is 56.0 Å². The molecule has 4 rings (SSSR count). The fourth-order valence-corrected chi connectivity index (χ4v) is 4.71. The van der Waals surface area contributed by atoms with Crippen LogP contribution in [0, 0.1) is 0 Å². The van der Waals surface area contributed by atoms with Crippen LogP contribution in [0.3, 0.4) is 0 Å². The average Bonchev–Trinajstić information content (AvgIpc) is 2.84. The first-order valence-electron chi connectivity index (χ1n) is 11.9. The molecule has 2 saturated heterocycles. The molecule has 0 aliphatic carbocycles. The number of para-hydroxylation sites is 1. The maximum atomic E-state index is 13.1. The Kier molecular flexibility index (Phi) is 7.14. The number of amides is 2. The molecule has 1 N–H and O–H groups in total. The third kappa shape index (κ3) is 4.96. The van der Waals surface area contributed by atoms with E-state index in [0.29, 0.717) is 25.1 Å². The Balaban J connectivity index is 1.39. The summed E-state index contributed by atoms with van der Waals surface area (Å²) in [5.74, 6) is 1.55. The summed E-state index contributed by atoms with van der Waals surface area (Å²) in [7, 11) is 0. The molecule has 2 aliphatic rings. The van der Waals surface area contributed by atoms with Crippen molar-refractivity contribution in [2.75, 3.05) is 19.6 Å². The molecule has 2 heterocycles. The predicted octanol–water partition coefficient (Wildman–Crippen LogP) is 4.48. The summed E-state index contributed by atoms with van der Waals surface area (Å²) in [6.07, 6.45) is 4.90. The highest BCUT2D eigenvalue weighted by molar-refractivity contribution is 6.06. The van der Waals surface area contributed by atoms with Gasteiger partial charge in [-0.25, -0.2) is 0 Å². The molecular weight excluding hydrogens is 414 g/mol. The van der Waals surface area contributed by atoms with Crippen molar-refractivity contribution in [2.24, 2.45) is 0 Å². The van der Waals surface area contributed by atoms with E-state index in [2.05, 4.69) is 29.3 Å². The van der Waals surface area contributed by atoms with Crippen LogP contribution >= 0.6 is 0 Å². The van der Waals surface area contributed by atoms with Gasteiger partial charge in [-0.1, -0.05) is 49.8 Å². The van der Waals surface area contributed by atoms with Crippen LogP contribution in [-0.2, 0) is 16.1 Å². The monoisotopic (exact) mass is 447 g/mol. The van der Waals surface area contributed by atoms with Crippen molar-refractivity contribution in [3.8, 4) is 11.5 Å².